The summed E-state index contributed by atoms with van der Waals surface area (Å²) in [5.74, 6) is 1.12. The Kier molecular flexibility index (Phi) is 8.66. The SMILES string of the molecule is CCCC1CCC(CCC2(c3ccc(OC(F)(F)C(F)C(F)(F)F)cc3)CCCCC2)CC1. The molecule has 2 fully saturated rings. The van der Waals surface area contributed by atoms with Gasteiger partial charge in [-0.05, 0) is 60.6 Å². The predicted molar refractivity (Wildman–Crippen MR) is 117 cm³/mol. The van der Waals surface area contributed by atoms with Crippen molar-refractivity contribution >= 4 is 0 Å². The molecular weight excluding hydrogens is 442 g/mol. The maximum absolute atomic E-state index is 13.6. The van der Waals surface area contributed by atoms with E-state index in [1.807, 2.05) is 0 Å². The molecule has 1 aromatic rings. The topological polar surface area (TPSA) is 9.23 Å². The van der Waals surface area contributed by atoms with Crippen LogP contribution in [0.15, 0.2) is 24.3 Å². The second-order valence-electron chi connectivity index (χ2n) is 10.1. The van der Waals surface area contributed by atoms with Crippen molar-refractivity contribution in [3.8, 4) is 5.75 Å². The minimum Gasteiger partial charge on any atom is -0.430 e. The summed E-state index contributed by atoms with van der Waals surface area (Å²) >= 11 is 0. The molecule has 0 aromatic heterocycles. The summed E-state index contributed by atoms with van der Waals surface area (Å²) in [5.41, 5.74) is 0.985. The molecular formula is C26H36F6O. The van der Waals surface area contributed by atoms with Crippen LogP contribution in [0.1, 0.15) is 96.0 Å². The van der Waals surface area contributed by atoms with Gasteiger partial charge in [0.15, 0.2) is 0 Å². The number of hydrogen-bond donors (Lipinski definition) is 0. The van der Waals surface area contributed by atoms with Gasteiger partial charge in [0.2, 0.25) is 0 Å². The van der Waals surface area contributed by atoms with E-state index in [0.717, 1.165) is 55.9 Å². The lowest BCUT2D eigenvalue weighted by Gasteiger charge is -2.40. The van der Waals surface area contributed by atoms with E-state index in [0.29, 0.717) is 0 Å². The fourth-order valence-electron chi connectivity index (χ4n) is 5.88. The average molecular weight is 479 g/mol. The third kappa shape index (κ3) is 6.82. The van der Waals surface area contributed by atoms with E-state index < -0.39 is 24.2 Å². The van der Waals surface area contributed by atoms with Gasteiger partial charge in [-0.2, -0.15) is 22.0 Å². The first-order valence-electron chi connectivity index (χ1n) is 12.4. The second kappa shape index (κ2) is 10.9. The van der Waals surface area contributed by atoms with Crippen LogP contribution in [0, 0.1) is 11.8 Å². The molecule has 2 aliphatic carbocycles. The molecule has 1 aromatic carbocycles. The largest absolute Gasteiger partial charge is 0.439 e. The first kappa shape index (κ1) is 26.2. The maximum Gasteiger partial charge on any atom is 0.439 e. The van der Waals surface area contributed by atoms with E-state index in [4.69, 9.17) is 0 Å². The van der Waals surface area contributed by atoms with Crippen molar-refractivity contribution in [2.24, 2.45) is 11.8 Å². The van der Waals surface area contributed by atoms with Crippen LogP contribution < -0.4 is 4.74 Å². The zero-order chi connectivity index (χ0) is 24.1. The van der Waals surface area contributed by atoms with Crippen LogP contribution in [-0.2, 0) is 5.41 Å². The lowest BCUT2D eigenvalue weighted by atomic mass is 9.65. The third-order valence-electron chi connectivity index (χ3n) is 7.81. The molecule has 0 bridgehead atoms. The van der Waals surface area contributed by atoms with Crippen LogP contribution in [0.2, 0.25) is 0 Å². The van der Waals surface area contributed by atoms with Crippen LogP contribution in [-0.4, -0.2) is 18.5 Å². The van der Waals surface area contributed by atoms with E-state index in [1.54, 1.807) is 12.1 Å². The molecule has 3 rings (SSSR count). The van der Waals surface area contributed by atoms with E-state index >= 15 is 0 Å². The highest BCUT2D eigenvalue weighted by atomic mass is 19.4. The summed E-state index contributed by atoms with van der Waals surface area (Å²) in [7, 11) is 0. The molecule has 0 N–H and O–H groups in total. The van der Waals surface area contributed by atoms with Gasteiger partial charge in [-0.15, -0.1) is 0 Å². The van der Waals surface area contributed by atoms with Gasteiger partial charge in [0, 0.05) is 0 Å². The fourth-order valence-corrected chi connectivity index (χ4v) is 5.88. The summed E-state index contributed by atoms with van der Waals surface area (Å²) < 4.78 is 81.6. The normalized spacial score (nSPS) is 24.9. The Bertz CT molecular complexity index is 715. The van der Waals surface area contributed by atoms with Crippen molar-refractivity contribution in [1.29, 1.82) is 0 Å². The first-order chi connectivity index (χ1) is 15.6. The molecule has 0 spiro atoms. The molecule has 7 heteroatoms. The third-order valence-corrected chi connectivity index (χ3v) is 7.81. The summed E-state index contributed by atoms with van der Waals surface area (Å²) in [6.07, 6.45) is 0.281. The van der Waals surface area contributed by atoms with Crippen LogP contribution in [0.3, 0.4) is 0 Å². The summed E-state index contributed by atoms with van der Waals surface area (Å²) in [5, 5.41) is 0. The van der Waals surface area contributed by atoms with Crippen molar-refractivity contribution in [1.82, 2.24) is 0 Å². The van der Waals surface area contributed by atoms with Crippen molar-refractivity contribution < 1.29 is 31.1 Å². The summed E-state index contributed by atoms with van der Waals surface area (Å²) in [4.78, 5) is 0. The number of halogens is 6. The highest BCUT2D eigenvalue weighted by Gasteiger charge is 2.59. The van der Waals surface area contributed by atoms with Crippen molar-refractivity contribution in [3.63, 3.8) is 0 Å². The Balaban J connectivity index is 1.65. The van der Waals surface area contributed by atoms with Gasteiger partial charge in [-0.3, -0.25) is 0 Å². The molecule has 2 saturated carbocycles. The van der Waals surface area contributed by atoms with E-state index in [1.165, 1.54) is 57.1 Å². The number of rotatable bonds is 9. The van der Waals surface area contributed by atoms with Gasteiger partial charge in [-0.1, -0.05) is 76.8 Å². The maximum atomic E-state index is 13.6. The minimum absolute atomic E-state index is 0.0336. The Hall–Kier alpha value is -1.40. The monoisotopic (exact) mass is 478 g/mol. The molecule has 0 amide bonds. The molecule has 1 unspecified atom stereocenters. The van der Waals surface area contributed by atoms with Crippen LogP contribution in [0.25, 0.3) is 0 Å². The van der Waals surface area contributed by atoms with Gasteiger partial charge in [-0.25, -0.2) is 4.39 Å². The van der Waals surface area contributed by atoms with Gasteiger partial charge in [0.1, 0.15) is 5.75 Å². The number of benzene rings is 1. The van der Waals surface area contributed by atoms with E-state index in [9.17, 15) is 26.3 Å². The molecule has 0 heterocycles. The predicted octanol–water partition coefficient (Wildman–Crippen LogP) is 9.15. The quantitative estimate of drug-likeness (QED) is 0.322. The Labute approximate surface area is 193 Å². The molecule has 0 radical (unpaired) electrons. The van der Waals surface area contributed by atoms with E-state index in [2.05, 4.69) is 11.7 Å². The van der Waals surface area contributed by atoms with Crippen molar-refractivity contribution in [3.05, 3.63) is 29.8 Å². The zero-order valence-corrected chi connectivity index (χ0v) is 19.4. The minimum atomic E-state index is -5.69. The number of ether oxygens (including phenoxy) is 1. The average Bonchev–Trinajstić information content (AvgIpc) is 2.78. The highest BCUT2D eigenvalue weighted by molar-refractivity contribution is 5.33. The first-order valence-corrected chi connectivity index (χ1v) is 12.4. The molecule has 1 atom stereocenters. The lowest BCUT2D eigenvalue weighted by molar-refractivity contribution is -0.304. The standard InChI is InChI=1S/C26H36F6O/c1-2-6-19-7-9-20(10-8-19)15-18-24(16-4-3-5-17-24)21-11-13-22(14-12-21)33-26(31,32)23(27)25(28,29)30/h11-14,19-20,23H,2-10,15-18H2,1H3. The molecule has 2 aliphatic rings. The highest BCUT2D eigenvalue weighted by Crippen LogP contribution is 2.46. The van der Waals surface area contributed by atoms with Gasteiger partial charge >= 0.3 is 12.3 Å². The second-order valence-corrected chi connectivity index (χ2v) is 10.1. The van der Waals surface area contributed by atoms with Crippen LogP contribution in [0.4, 0.5) is 26.3 Å². The van der Waals surface area contributed by atoms with Crippen molar-refractivity contribution in [2.45, 2.75) is 114 Å². The molecule has 1 nitrogen and oxygen atoms in total. The summed E-state index contributed by atoms with van der Waals surface area (Å²) in [6.45, 7) is 2.24. The Morgan fingerprint density at radius 1 is 0.879 bits per heavy atom. The van der Waals surface area contributed by atoms with E-state index in [-0.39, 0.29) is 5.41 Å². The molecule has 33 heavy (non-hydrogen) atoms. The van der Waals surface area contributed by atoms with Crippen LogP contribution >= 0.6 is 0 Å². The summed E-state index contributed by atoms with van der Waals surface area (Å²) in [6, 6.07) is 5.85. The number of hydrogen-bond acceptors (Lipinski definition) is 1. The number of alkyl halides is 6. The molecule has 0 aliphatic heterocycles. The van der Waals surface area contributed by atoms with Crippen LogP contribution in [0.5, 0.6) is 5.75 Å². The Morgan fingerprint density at radius 3 is 1.94 bits per heavy atom. The van der Waals surface area contributed by atoms with Gasteiger partial charge < -0.3 is 4.74 Å². The fraction of sp³-hybridized carbons (Fsp3) is 0.769. The zero-order valence-electron chi connectivity index (χ0n) is 19.4. The molecule has 0 saturated heterocycles. The Morgan fingerprint density at radius 2 is 1.42 bits per heavy atom. The van der Waals surface area contributed by atoms with Gasteiger partial charge in [0.25, 0.3) is 6.17 Å². The van der Waals surface area contributed by atoms with Crippen molar-refractivity contribution in [2.75, 3.05) is 0 Å². The lowest BCUT2D eigenvalue weighted by Crippen LogP contribution is -2.45. The molecule has 188 valence electrons. The van der Waals surface area contributed by atoms with Gasteiger partial charge in [0.05, 0.1) is 0 Å². The smallest absolute Gasteiger partial charge is 0.430 e.